The summed E-state index contributed by atoms with van der Waals surface area (Å²) in [4.78, 5) is 0. The highest BCUT2D eigenvalue weighted by Gasteiger charge is 2.10. The standard InChI is InChI=1S/C15H21NO2/c1-12(2)6-7-16-11-13-4-5-14-15(10-13)18-9-3-8-17-14/h4-6,10,16H,3,7-9,11H2,1-2H3. The molecule has 0 amide bonds. The molecule has 1 aliphatic rings. The number of nitrogens with one attached hydrogen (secondary N) is 1. The summed E-state index contributed by atoms with van der Waals surface area (Å²) in [5.74, 6) is 1.73. The largest absolute Gasteiger partial charge is 0.490 e. The quantitative estimate of drug-likeness (QED) is 0.655. The zero-order valence-corrected chi connectivity index (χ0v) is 11.2. The van der Waals surface area contributed by atoms with Gasteiger partial charge in [-0.25, -0.2) is 0 Å². The van der Waals surface area contributed by atoms with Crippen LogP contribution in [0.15, 0.2) is 29.8 Å². The predicted molar refractivity (Wildman–Crippen MR) is 73.2 cm³/mol. The van der Waals surface area contributed by atoms with Gasteiger partial charge in [0.1, 0.15) is 0 Å². The van der Waals surface area contributed by atoms with Gasteiger partial charge < -0.3 is 14.8 Å². The van der Waals surface area contributed by atoms with E-state index < -0.39 is 0 Å². The van der Waals surface area contributed by atoms with Crippen LogP contribution in [0.2, 0.25) is 0 Å². The number of ether oxygens (including phenoxy) is 2. The third-order valence-electron chi connectivity index (χ3n) is 2.80. The van der Waals surface area contributed by atoms with E-state index in [4.69, 9.17) is 9.47 Å². The molecular weight excluding hydrogens is 226 g/mol. The lowest BCUT2D eigenvalue weighted by molar-refractivity contribution is 0.297. The van der Waals surface area contributed by atoms with Crippen LogP contribution in [-0.2, 0) is 6.54 Å². The summed E-state index contributed by atoms with van der Waals surface area (Å²) < 4.78 is 11.3. The SMILES string of the molecule is CC(C)=CCNCc1ccc2c(c1)OCCCO2. The van der Waals surface area contributed by atoms with E-state index in [2.05, 4.69) is 37.4 Å². The van der Waals surface area contributed by atoms with Gasteiger partial charge in [-0.15, -0.1) is 0 Å². The van der Waals surface area contributed by atoms with Crippen LogP contribution in [0.1, 0.15) is 25.8 Å². The van der Waals surface area contributed by atoms with Gasteiger partial charge in [-0.3, -0.25) is 0 Å². The molecule has 0 spiro atoms. The summed E-state index contributed by atoms with van der Waals surface area (Å²) in [6, 6.07) is 6.15. The molecule has 0 bridgehead atoms. The molecule has 0 aliphatic carbocycles. The molecule has 0 aromatic heterocycles. The summed E-state index contributed by atoms with van der Waals surface area (Å²) >= 11 is 0. The normalized spacial score (nSPS) is 13.9. The van der Waals surface area contributed by atoms with Gasteiger partial charge in [0.25, 0.3) is 0 Å². The number of hydrogen-bond donors (Lipinski definition) is 1. The fourth-order valence-corrected chi connectivity index (χ4v) is 1.81. The lowest BCUT2D eigenvalue weighted by Crippen LogP contribution is -2.13. The lowest BCUT2D eigenvalue weighted by atomic mass is 10.2. The van der Waals surface area contributed by atoms with Crippen LogP contribution in [0.25, 0.3) is 0 Å². The smallest absolute Gasteiger partial charge is 0.161 e. The average Bonchev–Trinajstić information content (AvgIpc) is 2.59. The van der Waals surface area contributed by atoms with Crippen molar-refractivity contribution in [3.05, 3.63) is 35.4 Å². The van der Waals surface area contributed by atoms with E-state index in [1.54, 1.807) is 0 Å². The van der Waals surface area contributed by atoms with Crippen LogP contribution in [-0.4, -0.2) is 19.8 Å². The zero-order valence-electron chi connectivity index (χ0n) is 11.2. The van der Waals surface area contributed by atoms with E-state index in [-0.39, 0.29) is 0 Å². The van der Waals surface area contributed by atoms with Crippen molar-refractivity contribution >= 4 is 0 Å². The van der Waals surface area contributed by atoms with Gasteiger partial charge in [0.2, 0.25) is 0 Å². The maximum absolute atomic E-state index is 5.67. The lowest BCUT2D eigenvalue weighted by Gasteiger charge is -2.09. The molecule has 18 heavy (non-hydrogen) atoms. The molecule has 0 saturated heterocycles. The predicted octanol–water partition coefficient (Wildman–Crippen LogP) is 2.90. The highest BCUT2D eigenvalue weighted by Crippen LogP contribution is 2.30. The second-order valence-electron chi connectivity index (χ2n) is 4.74. The molecular formula is C15H21NO2. The molecule has 1 heterocycles. The topological polar surface area (TPSA) is 30.5 Å². The van der Waals surface area contributed by atoms with Gasteiger partial charge in [-0.05, 0) is 31.5 Å². The van der Waals surface area contributed by atoms with Crippen LogP contribution < -0.4 is 14.8 Å². The van der Waals surface area contributed by atoms with E-state index in [0.717, 1.165) is 44.2 Å². The van der Waals surface area contributed by atoms with Gasteiger partial charge >= 0.3 is 0 Å². The van der Waals surface area contributed by atoms with Crippen molar-refractivity contribution in [2.75, 3.05) is 19.8 Å². The summed E-state index contributed by atoms with van der Waals surface area (Å²) in [5, 5.41) is 3.38. The highest BCUT2D eigenvalue weighted by molar-refractivity contribution is 5.43. The molecule has 1 aromatic rings. The van der Waals surface area contributed by atoms with Gasteiger partial charge in [-0.1, -0.05) is 17.7 Å². The molecule has 1 N–H and O–H groups in total. The Hall–Kier alpha value is -1.48. The van der Waals surface area contributed by atoms with Gasteiger partial charge in [0.05, 0.1) is 13.2 Å². The Morgan fingerprint density at radius 1 is 1.22 bits per heavy atom. The number of allylic oxidation sites excluding steroid dienone is 1. The minimum atomic E-state index is 0.738. The molecule has 98 valence electrons. The Morgan fingerprint density at radius 2 is 2.00 bits per heavy atom. The molecule has 3 heteroatoms. The van der Waals surface area contributed by atoms with E-state index >= 15 is 0 Å². The van der Waals surface area contributed by atoms with Gasteiger partial charge in [0, 0.05) is 19.5 Å². The summed E-state index contributed by atoms with van der Waals surface area (Å²) in [7, 11) is 0. The van der Waals surface area contributed by atoms with E-state index in [9.17, 15) is 0 Å². The number of fused-ring (bicyclic) bond motifs is 1. The van der Waals surface area contributed by atoms with Crippen LogP contribution in [0.5, 0.6) is 11.5 Å². The minimum Gasteiger partial charge on any atom is -0.490 e. The van der Waals surface area contributed by atoms with Crippen LogP contribution >= 0.6 is 0 Å². The van der Waals surface area contributed by atoms with E-state index in [1.807, 2.05) is 6.07 Å². The Kier molecular flexibility index (Phi) is 4.65. The van der Waals surface area contributed by atoms with Crippen LogP contribution in [0.4, 0.5) is 0 Å². The minimum absolute atomic E-state index is 0.738. The van der Waals surface area contributed by atoms with E-state index in [0.29, 0.717) is 0 Å². The molecule has 0 unspecified atom stereocenters. The second-order valence-corrected chi connectivity index (χ2v) is 4.74. The van der Waals surface area contributed by atoms with Crippen molar-refractivity contribution in [3.63, 3.8) is 0 Å². The molecule has 1 aromatic carbocycles. The third kappa shape index (κ3) is 3.77. The molecule has 0 radical (unpaired) electrons. The maximum Gasteiger partial charge on any atom is 0.161 e. The first-order chi connectivity index (χ1) is 8.75. The van der Waals surface area contributed by atoms with Crippen molar-refractivity contribution in [2.24, 2.45) is 0 Å². The first-order valence-corrected chi connectivity index (χ1v) is 6.48. The molecule has 0 fully saturated rings. The Labute approximate surface area is 109 Å². The molecule has 3 nitrogen and oxygen atoms in total. The highest BCUT2D eigenvalue weighted by atomic mass is 16.5. The Balaban J connectivity index is 1.93. The number of benzene rings is 1. The van der Waals surface area contributed by atoms with Crippen molar-refractivity contribution in [1.29, 1.82) is 0 Å². The molecule has 2 rings (SSSR count). The summed E-state index contributed by atoms with van der Waals surface area (Å²) in [6.07, 6.45) is 3.13. The number of hydrogen-bond acceptors (Lipinski definition) is 3. The maximum atomic E-state index is 5.67. The van der Waals surface area contributed by atoms with Crippen molar-refractivity contribution < 1.29 is 9.47 Å². The monoisotopic (exact) mass is 247 g/mol. The zero-order chi connectivity index (χ0) is 12.8. The fourth-order valence-electron chi connectivity index (χ4n) is 1.81. The molecule has 1 aliphatic heterocycles. The van der Waals surface area contributed by atoms with E-state index in [1.165, 1.54) is 11.1 Å². The first-order valence-electron chi connectivity index (χ1n) is 6.48. The van der Waals surface area contributed by atoms with Crippen LogP contribution in [0, 0.1) is 0 Å². The van der Waals surface area contributed by atoms with Gasteiger partial charge in [0.15, 0.2) is 11.5 Å². The first kappa shape index (κ1) is 13.0. The number of rotatable bonds is 4. The third-order valence-corrected chi connectivity index (χ3v) is 2.80. The van der Waals surface area contributed by atoms with Crippen molar-refractivity contribution in [3.8, 4) is 11.5 Å². The second kappa shape index (κ2) is 6.45. The molecule has 0 atom stereocenters. The Bertz CT molecular complexity index is 423. The average molecular weight is 247 g/mol. The van der Waals surface area contributed by atoms with Crippen molar-refractivity contribution in [2.45, 2.75) is 26.8 Å². The van der Waals surface area contributed by atoms with Crippen LogP contribution in [0.3, 0.4) is 0 Å². The van der Waals surface area contributed by atoms with Crippen molar-refractivity contribution in [1.82, 2.24) is 5.32 Å². The van der Waals surface area contributed by atoms with Gasteiger partial charge in [-0.2, -0.15) is 0 Å². The Morgan fingerprint density at radius 3 is 2.78 bits per heavy atom. The molecule has 0 saturated carbocycles. The summed E-state index contributed by atoms with van der Waals surface area (Å²) in [6.45, 7) is 7.44. The summed E-state index contributed by atoms with van der Waals surface area (Å²) in [5.41, 5.74) is 2.56. The fraction of sp³-hybridized carbons (Fsp3) is 0.467.